The van der Waals surface area contributed by atoms with Gasteiger partial charge in [-0.15, -0.1) is 0 Å². The fraction of sp³-hybridized carbons (Fsp3) is 0.862. The van der Waals surface area contributed by atoms with Gasteiger partial charge in [0.2, 0.25) is 0 Å². The van der Waals surface area contributed by atoms with E-state index in [0.717, 1.165) is 37.0 Å². The van der Waals surface area contributed by atoms with Crippen molar-refractivity contribution in [2.24, 2.45) is 29.6 Å². The van der Waals surface area contributed by atoms with Gasteiger partial charge in [0, 0.05) is 12.3 Å². The van der Waals surface area contributed by atoms with Crippen LogP contribution in [-0.2, 0) is 0 Å². The maximum absolute atomic E-state index is 13.9. The molecular formula is C29H48F2. The van der Waals surface area contributed by atoms with Crippen molar-refractivity contribution in [3.8, 4) is 0 Å². The van der Waals surface area contributed by atoms with Crippen molar-refractivity contribution in [1.82, 2.24) is 0 Å². The lowest BCUT2D eigenvalue weighted by molar-refractivity contribution is -0.0964. The molecule has 2 heteroatoms. The molecule has 3 aliphatic carbocycles. The molecule has 0 aliphatic heterocycles. The van der Waals surface area contributed by atoms with Crippen LogP contribution in [0.1, 0.15) is 122 Å². The lowest BCUT2D eigenvalue weighted by atomic mass is 9.78. The lowest BCUT2D eigenvalue weighted by Crippen LogP contribution is -2.33. The number of halogens is 2. The van der Waals surface area contributed by atoms with Gasteiger partial charge in [-0.05, 0) is 87.9 Å². The summed E-state index contributed by atoms with van der Waals surface area (Å²) in [6, 6.07) is 0. The molecule has 0 bridgehead atoms. The van der Waals surface area contributed by atoms with Crippen molar-refractivity contribution in [1.29, 1.82) is 0 Å². The van der Waals surface area contributed by atoms with E-state index in [-0.39, 0.29) is 12.3 Å². The van der Waals surface area contributed by atoms with Crippen molar-refractivity contribution in [3.63, 3.8) is 0 Å². The summed E-state index contributed by atoms with van der Waals surface area (Å²) in [5, 5.41) is 0. The zero-order valence-corrected chi connectivity index (χ0v) is 20.2. The van der Waals surface area contributed by atoms with Crippen molar-refractivity contribution in [3.05, 3.63) is 24.3 Å². The van der Waals surface area contributed by atoms with Crippen LogP contribution in [0.4, 0.5) is 8.78 Å². The van der Waals surface area contributed by atoms with Gasteiger partial charge in [0.25, 0.3) is 5.92 Å². The van der Waals surface area contributed by atoms with Crippen molar-refractivity contribution in [2.75, 3.05) is 0 Å². The van der Waals surface area contributed by atoms with E-state index in [1.165, 1.54) is 89.0 Å². The Morgan fingerprint density at radius 2 is 1.26 bits per heavy atom. The second-order valence-corrected chi connectivity index (χ2v) is 11.4. The zero-order valence-electron chi connectivity index (χ0n) is 20.2. The first-order valence-electron chi connectivity index (χ1n) is 13.6. The lowest BCUT2D eigenvalue weighted by Gasteiger charge is -2.34. The Morgan fingerprint density at radius 1 is 0.742 bits per heavy atom. The van der Waals surface area contributed by atoms with Crippen LogP contribution in [0.2, 0.25) is 0 Å². The van der Waals surface area contributed by atoms with Crippen LogP contribution in [0.3, 0.4) is 0 Å². The fourth-order valence-electron chi connectivity index (χ4n) is 6.25. The van der Waals surface area contributed by atoms with E-state index in [4.69, 9.17) is 0 Å². The summed E-state index contributed by atoms with van der Waals surface area (Å²) in [6.07, 6.45) is 26.5. The van der Waals surface area contributed by atoms with Gasteiger partial charge in [-0.3, -0.25) is 0 Å². The average Bonchev–Trinajstić information content (AvgIpc) is 2.76. The molecule has 0 aromatic rings. The van der Waals surface area contributed by atoms with Crippen LogP contribution in [0.15, 0.2) is 24.3 Å². The van der Waals surface area contributed by atoms with Gasteiger partial charge in [-0.2, -0.15) is 0 Å². The molecule has 0 spiro atoms. The first kappa shape index (κ1) is 25.0. The second kappa shape index (κ2) is 12.5. The SMILES string of the molecule is C=C1CCC(C=CC2CCC(CCCCCCCC3CCC(C)C(F)(F)C3)CC2)CC1. The summed E-state index contributed by atoms with van der Waals surface area (Å²) in [6.45, 7) is 5.85. The van der Waals surface area contributed by atoms with Crippen molar-refractivity contribution >= 4 is 0 Å². The highest BCUT2D eigenvalue weighted by Gasteiger charge is 2.41. The quantitative estimate of drug-likeness (QED) is 0.237. The topological polar surface area (TPSA) is 0 Å². The van der Waals surface area contributed by atoms with E-state index in [2.05, 4.69) is 18.7 Å². The fourth-order valence-corrected chi connectivity index (χ4v) is 6.25. The molecule has 0 saturated heterocycles. The van der Waals surface area contributed by atoms with Crippen LogP contribution in [0.25, 0.3) is 0 Å². The Labute approximate surface area is 191 Å². The minimum Gasteiger partial charge on any atom is -0.207 e. The van der Waals surface area contributed by atoms with Crippen LogP contribution in [-0.4, -0.2) is 5.92 Å². The monoisotopic (exact) mass is 434 g/mol. The molecule has 0 nitrogen and oxygen atoms in total. The molecule has 0 amide bonds. The maximum Gasteiger partial charge on any atom is 0.250 e. The molecule has 31 heavy (non-hydrogen) atoms. The standard InChI is InChI=1S/C29H48F2/c1-23-10-13-26(14-11-23)20-21-27-18-16-25(17-19-27)8-6-4-3-5-7-9-28-15-12-24(2)29(30,31)22-28/h20-21,24-28H,1,3-19,22H2,2H3. The molecule has 3 aliphatic rings. The Bertz CT molecular complexity index is 545. The smallest absolute Gasteiger partial charge is 0.207 e. The molecule has 3 rings (SSSR count). The minimum atomic E-state index is -2.41. The van der Waals surface area contributed by atoms with E-state index in [1.54, 1.807) is 6.92 Å². The van der Waals surface area contributed by atoms with E-state index < -0.39 is 11.8 Å². The number of hydrogen-bond acceptors (Lipinski definition) is 0. The van der Waals surface area contributed by atoms with Gasteiger partial charge < -0.3 is 0 Å². The van der Waals surface area contributed by atoms with E-state index >= 15 is 0 Å². The number of hydrogen-bond donors (Lipinski definition) is 0. The average molecular weight is 435 g/mol. The Kier molecular flexibility index (Phi) is 10.1. The summed E-state index contributed by atoms with van der Waals surface area (Å²) in [5.74, 6) is 0.0380. The molecule has 0 aromatic carbocycles. The Balaban J connectivity index is 1.16. The van der Waals surface area contributed by atoms with E-state index in [0.29, 0.717) is 6.42 Å². The first-order chi connectivity index (χ1) is 14.9. The Hall–Kier alpha value is -0.660. The van der Waals surface area contributed by atoms with Crippen LogP contribution in [0, 0.1) is 29.6 Å². The highest BCUT2D eigenvalue weighted by Crippen LogP contribution is 2.42. The summed E-state index contributed by atoms with van der Waals surface area (Å²) < 4.78 is 27.7. The molecule has 0 N–H and O–H groups in total. The predicted octanol–water partition coefficient (Wildman–Crippen LogP) is 9.90. The predicted molar refractivity (Wildman–Crippen MR) is 129 cm³/mol. The third-order valence-corrected chi connectivity index (χ3v) is 8.80. The van der Waals surface area contributed by atoms with Crippen LogP contribution >= 0.6 is 0 Å². The molecule has 0 radical (unpaired) electrons. The summed E-state index contributed by atoms with van der Waals surface area (Å²) in [7, 11) is 0. The van der Waals surface area contributed by atoms with Gasteiger partial charge in [0.15, 0.2) is 0 Å². The summed E-state index contributed by atoms with van der Waals surface area (Å²) in [4.78, 5) is 0. The Morgan fingerprint density at radius 3 is 1.87 bits per heavy atom. The number of allylic oxidation sites excluding steroid dienone is 3. The minimum absolute atomic E-state index is 0.141. The molecule has 0 heterocycles. The molecule has 3 saturated carbocycles. The third-order valence-electron chi connectivity index (χ3n) is 8.80. The van der Waals surface area contributed by atoms with E-state index in [9.17, 15) is 8.78 Å². The highest BCUT2D eigenvalue weighted by atomic mass is 19.3. The van der Waals surface area contributed by atoms with Gasteiger partial charge in [-0.25, -0.2) is 8.78 Å². The zero-order chi connectivity index (χ0) is 22.1. The second-order valence-electron chi connectivity index (χ2n) is 11.4. The normalized spacial score (nSPS) is 32.5. The van der Waals surface area contributed by atoms with Gasteiger partial charge in [-0.1, -0.05) is 76.2 Å². The molecule has 178 valence electrons. The molecule has 2 atom stereocenters. The molecule has 0 aromatic heterocycles. The van der Waals surface area contributed by atoms with Gasteiger partial charge in [0.1, 0.15) is 0 Å². The van der Waals surface area contributed by atoms with Gasteiger partial charge >= 0.3 is 0 Å². The summed E-state index contributed by atoms with van der Waals surface area (Å²) in [5.41, 5.74) is 1.45. The largest absolute Gasteiger partial charge is 0.250 e. The van der Waals surface area contributed by atoms with Crippen LogP contribution in [0.5, 0.6) is 0 Å². The third kappa shape index (κ3) is 8.65. The number of alkyl halides is 2. The number of unbranched alkanes of at least 4 members (excludes halogenated alkanes) is 4. The maximum atomic E-state index is 13.9. The summed E-state index contributed by atoms with van der Waals surface area (Å²) >= 11 is 0. The molecule has 3 fully saturated rings. The first-order valence-corrected chi connectivity index (χ1v) is 13.6. The van der Waals surface area contributed by atoms with Gasteiger partial charge in [0.05, 0.1) is 0 Å². The molecular weight excluding hydrogens is 386 g/mol. The van der Waals surface area contributed by atoms with Crippen molar-refractivity contribution < 1.29 is 8.78 Å². The van der Waals surface area contributed by atoms with E-state index in [1.807, 2.05) is 0 Å². The highest BCUT2D eigenvalue weighted by molar-refractivity contribution is 5.03. The van der Waals surface area contributed by atoms with Crippen LogP contribution < -0.4 is 0 Å². The molecule has 2 unspecified atom stereocenters. The van der Waals surface area contributed by atoms with Crippen molar-refractivity contribution in [2.45, 2.75) is 128 Å². The number of rotatable bonds is 10.